The van der Waals surface area contributed by atoms with Crippen molar-refractivity contribution in [3.63, 3.8) is 0 Å². The number of nitrogens with one attached hydrogen (secondary N) is 1. The maximum absolute atomic E-state index is 13.2. The van der Waals surface area contributed by atoms with E-state index in [1.165, 1.54) is 11.6 Å². The van der Waals surface area contributed by atoms with Crippen molar-refractivity contribution in [2.75, 3.05) is 5.32 Å². The van der Waals surface area contributed by atoms with E-state index >= 15 is 0 Å². The quantitative estimate of drug-likeness (QED) is 0.638. The first-order valence-electron chi connectivity index (χ1n) is 8.64. The summed E-state index contributed by atoms with van der Waals surface area (Å²) in [7, 11) is 0. The SMILES string of the molecule is CC(C)c1ccc(CC(=O)Nc2ccn(Cc3ccc(F)c(Cl)n3)n2)cc1. The van der Waals surface area contributed by atoms with Gasteiger partial charge in [-0.15, -0.1) is 0 Å². The van der Waals surface area contributed by atoms with Crippen molar-refractivity contribution < 1.29 is 9.18 Å². The minimum Gasteiger partial charge on any atom is -0.309 e. The summed E-state index contributed by atoms with van der Waals surface area (Å²) in [5, 5.41) is 6.89. The highest BCUT2D eigenvalue weighted by Crippen LogP contribution is 2.16. The predicted octanol–water partition coefficient (Wildman–Crippen LogP) is 4.42. The summed E-state index contributed by atoms with van der Waals surface area (Å²) < 4.78 is 14.8. The Labute approximate surface area is 162 Å². The van der Waals surface area contributed by atoms with Crippen LogP contribution in [0.4, 0.5) is 10.2 Å². The van der Waals surface area contributed by atoms with Crippen LogP contribution in [0.5, 0.6) is 0 Å². The second-order valence-electron chi connectivity index (χ2n) is 6.60. The summed E-state index contributed by atoms with van der Waals surface area (Å²) in [6, 6.07) is 12.5. The van der Waals surface area contributed by atoms with Gasteiger partial charge in [0.25, 0.3) is 0 Å². The molecule has 0 aliphatic carbocycles. The third-order valence-corrected chi connectivity index (χ3v) is 4.37. The van der Waals surface area contributed by atoms with Gasteiger partial charge in [0, 0.05) is 12.3 Å². The first-order valence-corrected chi connectivity index (χ1v) is 9.01. The fourth-order valence-electron chi connectivity index (χ4n) is 2.62. The van der Waals surface area contributed by atoms with Gasteiger partial charge >= 0.3 is 0 Å². The molecule has 0 saturated carbocycles. The Bertz CT molecular complexity index is 937. The Hall–Kier alpha value is -2.73. The lowest BCUT2D eigenvalue weighted by Crippen LogP contribution is -2.15. The molecule has 3 aromatic rings. The zero-order chi connectivity index (χ0) is 19.4. The van der Waals surface area contributed by atoms with Crippen molar-refractivity contribution in [2.24, 2.45) is 0 Å². The van der Waals surface area contributed by atoms with E-state index in [9.17, 15) is 9.18 Å². The molecule has 0 atom stereocenters. The molecule has 1 N–H and O–H groups in total. The van der Waals surface area contributed by atoms with Crippen LogP contribution < -0.4 is 5.32 Å². The van der Waals surface area contributed by atoms with Crippen molar-refractivity contribution in [3.05, 3.63) is 76.5 Å². The standard InChI is InChI=1S/C20H20ClFN4O/c1-13(2)15-5-3-14(4-6-15)11-19(27)24-18-9-10-26(25-18)12-16-7-8-17(22)20(21)23-16/h3-10,13H,11-12H2,1-2H3,(H,24,25,27). The molecule has 0 unspecified atom stereocenters. The number of amides is 1. The van der Waals surface area contributed by atoms with Crippen LogP contribution in [0.15, 0.2) is 48.7 Å². The minimum absolute atomic E-state index is 0.138. The number of carbonyl (C=O) groups excluding carboxylic acids is 1. The maximum atomic E-state index is 13.2. The molecule has 7 heteroatoms. The van der Waals surface area contributed by atoms with Crippen LogP contribution in [0, 0.1) is 5.82 Å². The molecular formula is C20H20ClFN4O. The normalized spacial score (nSPS) is 11.0. The van der Waals surface area contributed by atoms with Crippen molar-refractivity contribution >= 4 is 23.3 Å². The van der Waals surface area contributed by atoms with E-state index in [0.29, 0.717) is 24.0 Å². The average molecular weight is 387 g/mol. The van der Waals surface area contributed by atoms with Crippen LogP contribution in [0.2, 0.25) is 5.15 Å². The number of hydrogen-bond donors (Lipinski definition) is 1. The van der Waals surface area contributed by atoms with Crippen molar-refractivity contribution in [2.45, 2.75) is 32.7 Å². The van der Waals surface area contributed by atoms with Gasteiger partial charge in [-0.1, -0.05) is 49.7 Å². The van der Waals surface area contributed by atoms with Crippen molar-refractivity contribution in [1.29, 1.82) is 0 Å². The van der Waals surface area contributed by atoms with Crippen LogP contribution in [-0.2, 0) is 17.8 Å². The van der Waals surface area contributed by atoms with Gasteiger partial charge in [-0.25, -0.2) is 9.37 Å². The molecule has 0 spiro atoms. The zero-order valence-electron chi connectivity index (χ0n) is 15.1. The lowest BCUT2D eigenvalue weighted by atomic mass is 10.0. The summed E-state index contributed by atoms with van der Waals surface area (Å²) in [5.41, 5.74) is 2.77. The summed E-state index contributed by atoms with van der Waals surface area (Å²) in [4.78, 5) is 16.2. The van der Waals surface area contributed by atoms with Crippen molar-refractivity contribution in [1.82, 2.24) is 14.8 Å². The molecule has 3 rings (SSSR count). The molecule has 5 nitrogen and oxygen atoms in total. The van der Waals surface area contributed by atoms with Gasteiger partial charge in [0.05, 0.1) is 18.7 Å². The van der Waals surface area contributed by atoms with E-state index in [1.807, 2.05) is 24.3 Å². The summed E-state index contributed by atoms with van der Waals surface area (Å²) in [6.45, 7) is 4.59. The molecule has 1 amide bonds. The number of halogens is 2. The Morgan fingerprint density at radius 3 is 2.59 bits per heavy atom. The summed E-state index contributed by atoms with van der Waals surface area (Å²) in [5.74, 6) is 0.213. The number of aromatic nitrogens is 3. The van der Waals surface area contributed by atoms with E-state index < -0.39 is 5.82 Å². The second kappa shape index (κ2) is 8.31. The van der Waals surface area contributed by atoms with Gasteiger partial charge in [-0.2, -0.15) is 5.10 Å². The monoisotopic (exact) mass is 386 g/mol. The molecular weight excluding hydrogens is 367 g/mol. The first-order chi connectivity index (χ1) is 12.9. The second-order valence-corrected chi connectivity index (χ2v) is 6.95. The van der Waals surface area contributed by atoms with Crippen LogP contribution in [-0.4, -0.2) is 20.7 Å². The molecule has 2 heterocycles. The van der Waals surface area contributed by atoms with E-state index in [4.69, 9.17) is 11.6 Å². The number of benzene rings is 1. The van der Waals surface area contributed by atoms with Crippen LogP contribution in [0.3, 0.4) is 0 Å². The molecule has 0 fully saturated rings. The van der Waals surface area contributed by atoms with Gasteiger partial charge in [0.15, 0.2) is 16.8 Å². The number of nitrogens with zero attached hydrogens (tertiary/aromatic N) is 3. The highest BCUT2D eigenvalue weighted by atomic mass is 35.5. The fourth-order valence-corrected chi connectivity index (χ4v) is 2.79. The van der Waals surface area contributed by atoms with E-state index in [-0.39, 0.29) is 17.5 Å². The largest absolute Gasteiger partial charge is 0.309 e. The van der Waals surface area contributed by atoms with Crippen LogP contribution in [0.1, 0.15) is 36.6 Å². The van der Waals surface area contributed by atoms with Crippen molar-refractivity contribution in [3.8, 4) is 0 Å². The number of pyridine rings is 1. The third kappa shape index (κ3) is 5.14. The fraction of sp³-hybridized carbons (Fsp3) is 0.250. The molecule has 27 heavy (non-hydrogen) atoms. The predicted molar refractivity (Wildman–Crippen MR) is 103 cm³/mol. The average Bonchev–Trinajstić information content (AvgIpc) is 3.05. The lowest BCUT2D eigenvalue weighted by molar-refractivity contribution is -0.115. The molecule has 0 saturated heterocycles. The minimum atomic E-state index is -0.560. The van der Waals surface area contributed by atoms with E-state index in [0.717, 1.165) is 5.56 Å². The molecule has 0 aliphatic heterocycles. The highest BCUT2D eigenvalue weighted by Gasteiger charge is 2.09. The molecule has 0 bridgehead atoms. The topological polar surface area (TPSA) is 59.8 Å². The van der Waals surface area contributed by atoms with Crippen LogP contribution in [0.25, 0.3) is 0 Å². The highest BCUT2D eigenvalue weighted by molar-refractivity contribution is 6.29. The van der Waals surface area contributed by atoms with Gasteiger partial charge in [-0.05, 0) is 29.2 Å². The maximum Gasteiger partial charge on any atom is 0.229 e. The Morgan fingerprint density at radius 2 is 1.93 bits per heavy atom. The molecule has 0 aliphatic rings. The van der Waals surface area contributed by atoms with Crippen LogP contribution >= 0.6 is 11.6 Å². The zero-order valence-corrected chi connectivity index (χ0v) is 15.9. The molecule has 0 radical (unpaired) electrons. The smallest absolute Gasteiger partial charge is 0.229 e. The molecule has 140 valence electrons. The Morgan fingerprint density at radius 1 is 1.19 bits per heavy atom. The van der Waals surface area contributed by atoms with Gasteiger partial charge in [-0.3, -0.25) is 9.48 Å². The third-order valence-electron chi connectivity index (χ3n) is 4.10. The van der Waals surface area contributed by atoms with E-state index in [1.54, 1.807) is 23.0 Å². The summed E-state index contributed by atoms with van der Waals surface area (Å²) >= 11 is 5.69. The number of carbonyl (C=O) groups is 1. The van der Waals surface area contributed by atoms with Gasteiger partial charge in [0.1, 0.15) is 0 Å². The molecule has 1 aromatic carbocycles. The number of rotatable bonds is 6. The van der Waals surface area contributed by atoms with Gasteiger partial charge in [0.2, 0.25) is 5.91 Å². The Balaban J connectivity index is 1.58. The summed E-state index contributed by atoms with van der Waals surface area (Å²) in [6.07, 6.45) is 1.99. The van der Waals surface area contributed by atoms with E-state index in [2.05, 4.69) is 29.2 Å². The molecule has 2 aromatic heterocycles. The first kappa shape index (κ1) is 19.0. The number of hydrogen-bond acceptors (Lipinski definition) is 3. The Kier molecular flexibility index (Phi) is 5.86. The lowest BCUT2D eigenvalue weighted by Gasteiger charge is -2.07. The number of anilines is 1. The van der Waals surface area contributed by atoms with Gasteiger partial charge < -0.3 is 5.32 Å².